The Hall–Kier alpha value is -0.990. The molecular weight excluding hydrogens is 423 g/mol. The molecule has 0 aromatic carbocycles. The van der Waals surface area contributed by atoms with Crippen LogP contribution >= 0.6 is 23.5 Å². The molecule has 1 saturated heterocycles. The van der Waals surface area contributed by atoms with E-state index < -0.39 is 16.9 Å². The van der Waals surface area contributed by atoms with E-state index >= 15 is 0 Å². The zero-order valence-corrected chi connectivity index (χ0v) is 18.1. The van der Waals surface area contributed by atoms with Gasteiger partial charge in [0.15, 0.2) is 0 Å². The Labute approximate surface area is 178 Å². The van der Waals surface area contributed by atoms with Gasteiger partial charge in [-0.3, -0.25) is 4.79 Å². The fraction of sp³-hybridized carbons (Fsp3) is 0.700. The summed E-state index contributed by atoms with van der Waals surface area (Å²) in [5.41, 5.74) is -1.04. The molecule has 4 nitrogen and oxygen atoms in total. The van der Waals surface area contributed by atoms with Crippen molar-refractivity contribution in [1.82, 2.24) is 9.29 Å². The molecule has 0 amide bonds. The van der Waals surface area contributed by atoms with Crippen molar-refractivity contribution in [1.29, 1.82) is 0 Å². The summed E-state index contributed by atoms with van der Waals surface area (Å²) in [6.45, 7) is 7.34. The number of carbonyl (C=O) groups is 1. The number of piperazine rings is 1. The molecule has 4 rings (SSSR count). The maximum atomic E-state index is 12.9. The van der Waals surface area contributed by atoms with Crippen molar-refractivity contribution in [3.63, 3.8) is 0 Å². The average Bonchev–Trinajstić information content (AvgIpc) is 3.00. The fourth-order valence-corrected chi connectivity index (χ4v) is 6.93. The van der Waals surface area contributed by atoms with Crippen molar-refractivity contribution < 1.29 is 18.0 Å². The van der Waals surface area contributed by atoms with E-state index in [-0.39, 0.29) is 10.8 Å². The van der Waals surface area contributed by atoms with Crippen LogP contribution in [0.1, 0.15) is 38.7 Å². The number of hydrogen-bond donors (Lipinski definition) is 0. The molecule has 29 heavy (non-hydrogen) atoms. The smallest absolute Gasteiger partial charge is 0.354 e. The molecule has 2 atom stereocenters. The van der Waals surface area contributed by atoms with E-state index in [1.54, 1.807) is 11.9 Å². The summed E-state index contributed by atoms with van der Waals surface area (Å²) in [5, 5.41) is -0.510. The summed E-state index contributed by atoms with van der Waals surface area (Å²) in [6.07, 6.45) is -1.64. The van der Waals surface area contributed by atoms with E-state index in [4.69, 9.17) is 11.6 Å². The Morgan fingerprint density at radius 2 is 1.93 bits per heavy atom. The molecule has 2 saturated carbocycles. The minimum Gasteiger partial charge on any atom is -0.354 e. The highest BCUT2D eigenvalue weighted by Gasteiger charge is 2.63. The summed E-state index contributed by atoms with van der Waals surface area (Å²) in [4.78, 5) is 18.6. The predicted molar refractivity (Wildman–Crippen MR) is 109 cm³/mol. The summed E-state index contributed by atoms with van der Waals surface area (Å²) >= 11 is 7.50. The molecule has 0 radical (unpaired) electrons. The lowest BCUT2D eigenvalue weighted by molar-refractivity contribution is -0.137. The van der Waals surface area contributed by atoms with Crippen LogP contribution < -0.4 is 4.90 Å². The van der Waals surface area contributed by atoms with Gasteiger partial charge in [0.05, 0.1) is 5.56 Å². The van der Waals surface area contributed by atoms with Crippen molar-refractivity contribution >= 4 is 35.1 Å². The van der Waals surface area contributed by atoms with Gasteiger partial charge in [-0.2, -0.15) is 13.2 Å². The first-order valence-corrected chi connectivity index (χ1v) is 11.3. The molecule has 1 aromatic rings. The van der Waals surface area contributed by atoms with Crippen LogP contribution in [0, 0.1) is 16.7 Å². The van der Waals surface area contributed by atoms with Gasteiger partial charge < -0.3 is 4.90 Å². The highest BCUT2D eigenvalue weighted by atomic mass is 35.5. The predicted octanol–water partition coefficient (Wildman–Crippen LogP) is 4.92. The van der Waals surface area contributed by atoms with Crippen molar-refractivity contribution in [3.05, 3.63) is 22.8 Å². The van der Waals surface area contributed by atoms with Crippen LogP contribution in [0.15, 0.2) is 12.1 Å². The molecule has 2 heterocycles. The number of fused-ring (bicyclic) bond motifs is 2. The molecule has 3 fully saturated rings. The van der Waals surface area contributed by atoms with E-state index in [0.29, 0.717) is 30.6 Å². The van der Waals surface area contributed by atoms with Gasteiger partial charge in [0.1, 0.15) is 16.8 Å². The topological polar surface area (TPSA) is 36.4 Å². The lowest BCUT2D eigenvalue weighted by Crippen LogP contribution is -2.45. The average molecular weight is 448 g/mol. The monoisotopic (exact) mass is 447 g/mol. The number of carbonyl (C=O) groups excluding carboxylic acids is 1. The molecule has 0 unspecified atom stereocenters. The van der Waals surface area contributed by atoms with Crippen molar-refractivity contribution in [3.8, 4) is 0 Å². The van der Waals surface area contributed by atoms with Crippen LogP contribution in [-0.4, -0.2) is 47.0 Å². The molecule has 2 bridgehead atoms. The lowest BCUT2D eigenvalue weighted by Gasteiger charge is -2.39. The number of alkyl halides is 3. The van der Waals surface area contributed by atoms with Gasteiger partial charge in [0.25, 0.3) is 0 Å². The SMILES string of the molecule is CC1(C)[C@@H]2CC[C@@]1(CSN1CCN(c3ccc(C(F)(F)F)c(Cl)n3)CC1)C(=O)C2. The number of Topliss-reactive ketones (excluding diaryl/α,β-unsaturated/α-hetero) is 1. The van der Waals surface area contributed by atoms with Crippen molar-refractivity contribution in [2.75, 3.05) is 36.8 Å². The minimum absolute atomic E-state index is 0.0692. The zero-order valence-electron chi connectivity index (χ0n) is 16.6. The molecule has 1 aromatic heterocycles. The molecule has 9 heteroatoms. The first kappa shape index (κ1) is 21.2. The summed E-state index contributed by atoms with van der Waals surface area (Å²) < 4.78 is 40.9. The second kappa shape index (κ2) is 7.31. The summed E-state index contributed by atoms with van der Waals surface area (Å²) in [6, 6.07) is 2.38. The van der Waals surface area contributed by atoms with E-state index in [1.165, 1.54) is 6.07 Å². The van der Waals surface area contributed by atoms with Crippen LogP contribution in [0.3, 0.4) is 0 Å². The quantitative estimate of drug-likeness (QED) is 0.483. The van der Waals surface area contributed by atoms with Crippen LogP contribution in [0.25, 0.3) is 0 Å². The Balaban J connectivity index is 1.35. The van der Waals surface area contributed by atoms with Crippen LogP contribution in [0.2, 0.25) is 5.15 Å². The minimum atomic E-state index is -4.50. The van der Waals surface area contributed by atoms with Crippen molar-refractivity contribution in [2.24, 2.45) is 16.7 Å². The third-order valence-corrected chi connectivity index (χ3v) is 8.98. The number of nitrogens with zero attached hydrogens (tertiary/aromatic N) is 3. The van der Waals surface area contributed by atoms with Gasteiger partial charge in [0, 0.05) is 43.8 Å². The molecule has 0 spiro atoms. The highest BCUT2D eigenvalue weighted by molar-refractivity contribution is 7.97. The maximum Gasteiger partial charge on any atom is 0.419 e. The van der Waals surface area contributed by atoms with Gasteiger partial charge in [0.2, 0.25) is 0 Å². The lowest BCUT2D eigenvalue weighted by atomic mass is 9.70. The number of pyridine rings is 1. The summed E-state index contributed by atoms with van der Waals surface area (Å²) in [5.74, 6) is 2.23. The molecule has 2 aliphatic carbocycles. The molecule has 3 aliphatic rings. The Morgan fingerprint density at radius 1 is 1.24 bits per heavy atom. The Bertz CT molecular complexity index is 811. The standard InChI is InChI=1S/C20H25ClF3N3OS/c1-18(2)13-5-6-19(18,15(28)11-13)12-29-27-9-7-26(8-10-27)16-4-3-14(17(21)25-16)20(22,23)24/h3-4,13H,5-12H2,1-2H3/t13-,19-/m1/s1. The Kier molecular flexibility index (Phi) is 5.35. The van der Waals surface area contributed by atoms with Crippen LogP contribution in [0.5, 0.6) is 0 Å². The van der Waals surface area contributed by atoms with Crippen LogP contribution in [-0.2, 0) is 11.0 Å². The molecule has 160 valence electrons. The largest absolute Gasteiger partial charge is 0.419 e. The summed E-state index contributed by atoms with van der Waals surface area (Å²) in [7, 11) is 0. The van der Waals surface area contributed by atoms with E-state index in [0.717, 1.165) is 44.2 Å². The molecule has 0 N–H and O–H groups in total. The van der Waals surface area contributed by atoms with Gasteiger partial charge in [-0.25, -0.2) is 9.29 Å². The second-order valence-corrected chi connectivity index (χ2v) is 10.3. The number of halogens is 4. The third kappa shape index (κ3) is 3.55. The number of aromatic nitrogens is 1. The van der Waals surface area contributed by atoms with E-state index in [9.17, 15) is 18.0 Å². The maximum absolute atomic E-state index is 12.9. The Morgan fingerprint density at radius 3 is 2.45 bits per heavy atom. The van der Waals surface area contributed by atoms with Crippen LogP contribution in [0.4, 0.5) is 19.0 Å². The normalized spacial score (nSPS) is 29.7. The second-order valence-electron chi connectivity index (χ2n) is 8.86. The first-order valence-electron chi connectivity index (χ1n) is 9.94. The highest BCUT2D eigenvalue weighted by Crippen LogP contribution is 2.64. The van der Waals surface area contributed by atoms with Crippen molar-refractivity contribution in [2.45, 2.75) is 39.3 Å². The van der Waals surface area contributed by atoms with E-state index in [1.807, 2.05) is 4.90 Å². The first-order chi connectivity index (χ1) is 13.5. The van der Waals surface area contributed by atoms with Gasteiger partial charge in [-0.15, -0.1) is 0 Å². The van der Waals surface area contributed by atoms with E-state index in [2.05, 4.69) is 23.1 Å². The van der Waals surface area contributed by atoms with Gasteiger partial charge >= 0.3 is 6.18 Å². The molecular formula is C20H25ClF3N3OS. The number of anilines is 1. The molecule has 1 aliphatic heterocycles. The fourth-order valence-electron chi connectivity index (χ4n) is 5.17. The number of rotatable bonds is 4. The number of hydrogen-bond acceptors (Lipinski definition) is 5. The zero-order chi connectivity index (χ0) is 21.0. The van der Waals surface area contributed by atoms with Gasteiger partial charge in [-0.05, 0) is 36.3 Å². The van der Waals surface area contributed by atoms with Gasteiger partial charge in [-0.1, -0.05) is 37.4 Å². The third-order valence-electron chi connectivity index (χ3n) is 7.33. The number of ketones is 1.